The molecule has 4 N–H and O–H groups in total. The van der Waals surface area contributed by atoms with Gasteiger partial charge in [0.25, 0.3) is 0 Å². The molecule has 0 saturated heterocycles. The Kier molecular flexibility index (Phi) is 5.54. The maximum atomic E-state index is 10.4. The zero-order valence-corrected chi connectivity index (χ0v) is 15.4. The lowest BCUT2D eigenvalue weighted by atomic mass is 9.63. The average molecular weight is 348 g/mol. The molecule has 6 atom stereocenters. The van der Waals surface area contributed by atoms with Crippen LogP contribution in [0.15, 0.2) is 34.9 Å². The molecule has 25 heavy (non-hydrogen) atoms. The van der Waals surface area contributed by atoms with Gasteiger partial charge < -0.3 is 20.4 Å². The number of rotatable bonds is 4. The van der Waals surface area contributed by atoms with E-state index in [2.05, 4.69) is 26.0 Å². The molecule has 0 aromatic carbocycles. The SMILES string of the molecule is CC1=C(/C=C/C2=C[C@@H](O)C[C@]3(C)[C@@H]([C@H](O)CO)CC[C@@H]23)C[C@@H](O)CC1. The minimum absolute atomic E-state index is 0.0201. The quantitative estimate of drug-likeness (QED) is 0.629. The largest absolute Gasteiger partial charge is 0.394 e. The molecule has 0 unspecified atom stereocenters. The molecule has 0 heterocycles. The Hall–Kier alpha value is -0.940. The number of allylic oxidation sites excluding steroid dienone is 4. The molecule has 0 aromatic rings. The predicted molar refractivity (Wildman–Crippen MR) is 97.8 cm³/mol. The number of hydrogen-bond acceptors (Lipinski definition) is 4. The Morgan fingerprint density at radius 2 is 2.00 bits per heavy atom. The molecule has 0 aliphatic heterocycles. The van der Waals surface area contributed by atoms with Gasteiger partial charge in [0, 0.05) is 0 Å². The number of fused-ring (bicyclic) bond motifs is 1. The molecule has 4 nitrogen and oxygen atoms in total. The molecule has 3 aliphatic carbocycles. The molecule has 3 rings (SSSR count). The zero-order chi connectivity index (χ0) is 18.2. The molecular formula is C21H32O4. The van der Waals surface area contributed by atoms with Crippen molar-refractivity contribution in [2.45, 2.75) is 70.7 Å². The summed E-state index contributed by atoms with van der Waals surface area (Å²) in [5.74, 6) is 0.319. The second kappa shape index (κ2) is 7.36. The third kappa shape index (κ3) is 3.63. The fraction of sp³-hybridized carbons (Fsp3) is 0.714. The summed E-state index contributed by atoms with van der Waals surface area (Å²) in [6.07, 6.45) is 9.64. The zero-order valence-electron chi connectivity index (χ0n) is 15.4. The first-order valence-electron chi connectivity index (χ1n) is 9.58. The Labute approximate surface area is 150 Å². The van der Waals surface area contributed by atoms with Gasteiger partial charge in [-0.05, 0) is 73.8 Å². The van der Waals surface area contributed by atoms with Crippen molar-refractivity contribution < 1.29 is 20.4 Å². The topological polar surface area (TPSA) is 80.9 Å². The first-order valence-corrected chi connectivity index (χ1v) is 9.58. The molecule has 4 heteroatoms. The molecule has 0 radical (unpaired) electrons. The van der Waals surface area contributed by atoms with Gasteiger partial charge in [0.05, 0.1) is 24.9 Å². The van der Waals surface area contributed by atoms with E-state index in [1.54, 1.807) is 0 Å². The van der Waals surface area contributed by atoms with Crippen LogP contribution in [-0.4, -0.2) is 45.3 Å². The first-order chi connectivity index (χ1) is 11.8. The van der Waals surface area contributed by atoms with Crippen molar-refractivity contribution in [2.75, 3.05) is 6.61 Å². The van der Waals surface area contributed by atoms with Crippen LogP contribution in [0.1, 0.15) is 52.4 Å². The fourth-order valence-electron chi connectivity index (χ4n) is 5.36. The minimum atomic E-state index is -0.719. The van der Waals surface area contributed by atoms with Crippen LogP contribution in [0.4, 0.5) is 0 Å². The van der Waals surface area contributed by atoms with Gasteiger partial charge >= 0.3 is 0 Å². The highest BCUT2D eigenvalue weighted by atomic mass is 16.3. The Bertz CT molecular complexity index is 591. The Balaban J connectivity index is 1.84. The maximum absolute atomic E-state index is 10.4. The predicted octanol–water partition coefficient (Wildman–Crippen LogP) is 2.48. The fourth-order valence-corrected chi connectivity index (χ4v) is 5.36. The summed E-state index contributed by atoms with van der Waals surface area (Å²) in [5.41, 5.74) is 3.48. The highest BCUT2D eigenvalue weighted by Crippen LogP contribution is 2.57. The van der Waals surface area contributed by atoms with Gasteiger partial charge in [-0.1, -0.05) is 30.7 Å². The van der Waals surface area contributed by atoms with Crippen molar-refractivity contribution in [3.63, 3.8) is 0 Å². The molecule has 1 saturated carbocycles. The molecule has 0 aromatic heterocycles. The smallest absolute Gasteiger partial charge is 0.0804 e. The number of aliphatic hydroxyl groups is 4. The molecule has 0 amide bonds. The molecule has 0 spiro atoms. The summed E-state index contributed by atoms with van der Waals surface area (Å²) in [5, 5.41) is 39.9. The van der Waals surface area contributed by atoms with E-state index >= 15 is 0 Å². The summed E-state index contributed by atoms with van der Waals surface area (Å²) < 4.78 is 0. The summed E-state index contributed by atoms with van der Waals surface area (Å²) >= 11 is 0. The summed E-state index contributed by atoms with van der Waals surface area (Å²) in [7, 11) is 0. The van der Waals surface area contributed by atoms with E-state index in [4.69, 9.17) is 0 Å². The summed E-state index contributed by atoms with van der Waals surface area (Å²) in [4.78, 5) is 0. The number of aliphatic hydroxyl groups excluding tert-OH is 4. The molecule has 1 fully saturated rings. The lowest BCUT2D eigenvalue weighted by Crippen LogP contribution is -2.42. The van der Waals surface area contributed by atoms with Gasteiger partial charge in [-0.3, -0.25) is 0 Å². The molecule has 140 valence electrons. The third-order valence-corrected chi connectivity index (χ3v) is 6.83. The normalized spacial score (nSPS) is 40.3. The van der Waals surface area contributed by atoms with Gasteiger partial charge in [0.2, 0.25) is 0 Å². The van der Waals surface area contributed by atoms with E-state index in [0.717, 1.165) is 31.3 Å². The standard InChI is InChI=1S/C21H32O4/c1-13-3-6-16(23)9-14(13)4-5-15-10-17(24)11-21(2)18(15)7-8-19(21)20(25)12-22/h4-5,10,16-20,22-25H,3,6-9,11-12H2,1-2H3/b5-4+/t16-,17+,18-,19+,20+,21-/m0/s1. The van der Waals surface area contributed by atoms with Crippen LogP contribution in [0.3, 0.4) is 0 Å². The molecule has 3 aliphatic rings. The van der Waals surface area contributed by atoms with Crippen molar-refractivity contribution in [1.82, 2.24) is 0 Å². The Morgan fingerprint density at radius 3 is 2.72 bits per heavy atom. The van der Waals surface area contributed by atoms with Crippen LogP contribution in [-0.2, 0) is 0 Å². The van der Waals surface area contributed by atoms with Gasteiger partial charge in [-0.25, -0.2) is 0 Å². The lowest BCUT2D eigenvalue weighted by Gasteiger charge is -2.43. The van der Waals surface area contributed by atoms with Gasteiger partial charge in [-0.15, -0.1) is 0 Å². The highest BCUT2D eigenvalue weighted by Gasteiger charge is 2.52. The van der Waals surface area contributed by atoms with Gasteiger partial charge in [0.1, 0.15) is 0 Å². The lowest BCUT2D eigenvalue weighted by molar-refractivity contribution is -0.0237. The van der Waals surface area contributed by atoms with Gasteiger partial charge in [-0.2, -0.15) is 0 Å². The first kappa shape index (κ1) is 18.8. The summed E-state index contributed by atoms with van der Waals surface area (Å²) in [6.45, 7) is 4.05. The third-order valence-electron chi connectivity index (χ3n) is 6.83. The number of hydrogen-bond donors (Lipinski definition) is 4. The summed E-state index contributed by atoms with van der Waals surface area (Å²) in [6, 6.07) is 0. The van der Waals surface area contributed by atoms with Crippen LogP contribution in [0.25, 0.3) is 0 Å². The van der Waals surface area contributed by atoms with E-state index in [9.17, 15) is 20.4 Å². The van der Waals surface area contributed by atoms with E-state index in [1.807, 2.05) is 6.08 Å². The minimum Gasteiger partial charge on any atom is -0.394 e. The highest BCUT2D eigenvalue weighted by molar-refractivity contribution is 5.37. The van der Waals surface area contributed by atoms with Crippen molar-refractivity contribution >= 4 is 0 Å². The monoisotopic (exact) mass is 348 g/mol. The van der Waals surface area contributed by atoms with Crippen molar-refractivity contribution in [2.24, 2.45) is 17.3 Å². The van der Waals surface area contributed by atoms with Crippen molar-refractivity contribution in [3.05, 3.63) is 34.9 Å². The molecule has 0 bridgehead atoms. The van der Waals surface area contributed by atoms with Crippen LogP contribution in [0.5, 0.6) is 0 Å². The van der Waals surface area contributed by atoms with Crippen LogP contribution in [0, 0.1) is 17.3 Å². The second-order valence-corrected chi connectivity index (χ2v) is 8.47. The van der Waals surface area contributed by atoms with Crippen LogP contribution < -0.4 is 0 Å². The van der Waals surface area contributed by atoms with Gasteiger partial charge in [0.15, 0.2) is 0 Å². The van der Waals surface area contributed by atoms with Crippen LogP contribution in [0.2, 0.25) is 0 Å². The van der Waals surface area contributed by atoms with E-state index < -0.39 is 12.2 Å². The van der Waals surface area contributed by atoms with E-state index in [0.29, 0.717) is 18.8 Å². The van der Waals surface area contributed by atoms with E-state index in [-0.39, 0.29) is 24.0 Å². The van der Waals surface area contributed by atoms with E-state index in [1.165, 1.54) is 11.1 Å². The second-order valence-electron chi connectivity index (χ2n) is 8.47. The molecular weight excluding hydrogens is 316 g/mol. The van der Waals surface area contributed by atoms with Crippen LogP contribution >= 0.6 is 0 Å². The van der Waals surface area contributed by atoms with Crippen molar-refractivity contribution in [1.29, 1.82) is 0 Å². The maximum Gasteiger partial charge on any atom is 0.0804 e. The Morgan fingerprint density at radius 1 is 1.24 bits per heavy atom. The van der Waals surface area contributed by atoms with Crippen molar-refractivity contribution in [3.8, 4) is 0 Å². The average Bonchev–Trinajstić information content (AvgIpc) is 2.91.